The first kappa shape index (κ1) is 24.7. The molecular formula is C25H45N2O+. The summed E-state index contributed by atoms with van der Waals surface area (Å²) >= 11 is 0. The molecule has 160 valence electrons. The number of pyridine rings is 1. The van der Waals surface area contributed by atoms with Crippen molar-refractivity contribution < 1.29 is 9.36 Å². The highest BCUT2D eigenvalue weighted by Crippen LogP contribution is 2.13. The van der Waals surface area contributed by atoms with Crippen LogP contribution in [-0.2, 0) is 11.5 Å². The molecule has 1 amide bonds. The predicted octanol–water partition coefficient (Wildman–Crippen LogP) is 6.62. The molecule has 1 rings (SSSR count). The van der Waals surface area contributed by atoms with Crippen molar-refractivity contribution >= 4 is 5.91 Å². The van der Waals surface area contributed by atoms with Crippen molar-refractivity contribution in [1.82, 2.24) is 5.32 Å². The fourth-order valence-corrected chi connectivity index (χ4v) is 3.68. The molecular weight excluding hydrogens is 344 g/mol. The molecule has 0 saturated carbocycles. The largest absolute Gasteiger partial charge is 0.301 e. The number of carbonyl (C=O) groups is 1. The van der Waals surface area contributed by atoms with Gasteiger partial charge in [0.25, 0.3) is 0 Å². The van der Waals surface area contributed by atoms with Gasteiger partial charge in [0.05, 0.1) is 0 Å². The average Bonchev–Trinajstić information content (AvgIpc) is 2.69. The molecule has 0 fully saturated rings. The van der Waals surface area contributed by atoms with Crippen molar-refractivity contribution in [2.45, 2.75) is 123 Å². The number of carbonyl (C=O) groups excluding carboxylic acids is 1. The fourth-order valence-electron chi connectivity index (χ4n) is 3.68. The van der Waals surface area contributed by atoms with Crippen LogP contribution in [0.25, 0.3) is 0 Å². The minimum Gasteiger partial charge on any atom is -0.301 e. The standard InChI is InChI=1S/C25H44N2O/c1-3-4-5-6-7-8-9-10-11-12-13-14-15-16-17-20-25(28)26-23-27-21-18-19-24(2)22-27/h18-19,21-22H,3-17,20,23H2,1-2H3/p+1. The lowest BCUT2D eigenvalue weighted by atomic mass is 10.0. The topological polar surface area (TPSA) is 33.0 Å². The Kier molecular flexibility index (Phi) is 15.6. The zero-order valence-corrected chi connectivity index (χ0v) is 18.7. The van der Waals surface area contributed by atoms with Crippen molar-refractivity contribution in [3.8, 4) is 0 Å². The zero-order valence-electron chi connectivity index (χ0n) is 18.7. The number of rotatable bonds is 18. The molecule has 0 aliphatic carbocycles. The maximum absolute atomic E-state index is 11.9. The molecule has 28 heavy (non-hydrogen) atoms. The van der Waals surface area contributed by atoms with Crippen LogP contribution >= 0.6 is 0 Å². The SMILES string of the molecule is CCCCCCCCCCCCCCCCCC(=O)NC[n+]1cccc(C)c1. The summed E-state index contributed by atoms with van der Waals surface area (Å²) in [7, 11) is 0. The number of hydrogen-bond acceptors (Lipinski definition) is 1. The van der Waals surface area contributed by atoms with Crippen molar-refractivity contribution in [2.24, 2.45) is 0 Å². The number of unbranched alkanes of at least 4 members (excludes halogenated alkanes) is 14. The van der Waals surface area contributed by atoms with Gasteiger partial charge < -0.3 is 5.32 Å². The zero-order chi connectivity index (χ0) is 20.3. The molecule has 0 aliphatic rings. The monoisotopic (exact) mass is 389 g/mol. The van der Waals surface area contributed by atoms with E-state index in [-0.39, 0.29) is 5.91 Å². The molecule has 0 saturated heterocycles. The second-order valence-corrected chi connectivity index (χ2v) is 8.35. The second kappa shape index (κ2) is 17.7. The minimum atomic E-state index is 0.170. The van der Waals surface area contributed by atoms with Crippen LogP contribution in [0.5, 0.6) is 0 Å². The van der Waals surface area contributed by atoms with Gasteiger partial charge >= 0.3 is 0 Å². The number of amides is 1. The molecule has 0 aromatic carbocycles. The van der Waals surface area contributed by atoms with E-state index in [1.807, 2.05) is 23.0 Å². The maximum atomic E-state index is 11.9. The molecule has 1 N–H and O–H groups in total. The number of nitrogens with one attached hydrogen (secondary N) is 1. The van der Waals surface area contributed by atoms with Crippen LogP contribution in [0.15, 0.2) is 24.5 Å². The van der Waals surface area contributed by atoms with Crippen molar-refractivity contribution in [1.29, 1.82) is 0 Å². The Hall–Kier alpha value is -1.38. The number of aromatic nitrogens is 1. The highest BCUT2D eigenvalue weighted by atomic mass is 16.1. The first-order chi connectivity index (χ1) is 13.7. The summed E-state index contributed by atoms with van der Waals surface area (Å²) in [5, 5.41) is 3.00. The van der Waals surface area contributed by atoms with E-state index in [0.29, 0.717) is 13.1 Å². The van der Waals surface area contributed by atoms with Gasteiger partial charge in [-0.1, -0.05) is 96.8 Å². The lowest BCUT2D eigenvalue weighted by Gasteiger charge is -2.04. The molecule has 1 aromatic heterocycles. The third kappa shape index (κ3) is 14.6. The molecule has 1 aromatic rings. The van der Waals surface area contributed by atoms with Gasteiger partial charge in [-0.25, -0.2) is 0 Å². The van der Waals surface area contributed by atoms with E-state index in [4.69, 9.17) is 0 Å². The Bertz CT molecular complexity index is 501. The lowest BCUT2D eigenvalue weighted by Crippen LogP contribution is -2.43. The summed E-state index contributed by atoms with van der Waals surface area (Å²) in [5.74, 6) is 0.170. The smallest absolute Gasteiger partial charge is 0.224 e. The summed E-state index contributed by atoms with van der Waals surface area (Å²) in [5.41, 5.74) is 1.21. The number of aryl methyl sites for hydroxylation is 1. The molecule has 0 aliphatic heterocycles. The van der Waals surface area contributed by atoms with Gasteiger partial charge in [0.15, 0.2) is 12.4 Å². The quantitative estimate of drug-likeness (QED) is 0.222. The Morgan fingerprint density at radius 2 is 1.32 bits per heavy atom. The molecule has 0 atom stereocenters. The first-order valence-electron chi connectivity index (χ1n) is 11.9. The molecule has 3 nitrogen and oxygen atoms in total. The van der Waals surface area contributed by atoms with Crippen LogP contribution in [0.3, 0.4) is 0 Å². The third-order valence-corrected chi connectivity index (χ3v) is 5.47. The Labute approximate surface area is 174 Å². The Balaban J connectivity index is 1.80. The van der Waals surface area contributed by atoms with Crippen LogP contribution in [0.1, 0.15) is 115 Å². The normalized spacial score (nSPS) is 10.9. The lowest BCUT2D eigenvalue weighted by molar-refractivity contribution is -0.700. The average molecular weight is 390 g/mol. The summed E-state index contributed by atoms with van der Waals surface area (Å²) in [6, 6.07) is 4.07. The van der Waals surface area contributed by atoms with Gasteiger partial charge in [-0.15, -0.1) is 0 Å². The molecule has 0 spiro atoms. The molecule has 3 heteroatoms. The van der Waals surface area contributed by atoms with Gasteiger partial charge in [-0.2, -0.15) is 4.57 Å². The van der Waals surface area contributed by atoms with Gasteiger partial charge in [0.2, 0.25) is 12.6 Å². The summed E-state index contributed by atoms with van der Waals surface area (Å²) in [6.07, 6.45) is 25.0. The second-order valence-electron chi connectivity index (χ2n) is 8.35. The molecule has 0 bridgehead atoms. The van der Waals surface area contributed by atoms with Crippen LogP contribution in [-0.4, -0.2) is 5.91 Å². The van der Waals surface area contributed by atoms with Crippen molar-refractivity contribution in [2.75, 3.05) is 0 Å². The van der Waals surface area contributed by atoms with E-state index in [0.717, 1.165) is 6.42 Å². The van der Waals surface area contributed by atoms with Crippen molar-refractivity contribution in [3.05, 3.63) is 30.1 Å². The predicted molar refractivity (Wildman–Crippen MR) is 119 cm³/mol. The van der Waals surface area contributed by atoms with Gasteiger partial charge in [0, 0.05) is 18.1 Å². The Morgan fingerprint density at radius 3 is 1.82 bits per heavy atom. The van der Waals surface area contributed by atoms with E-state index in [1.54, 1.807) is 0 Å². The van der Waals surface area contributed by atoms with Gasteiger partial charge in [0.1, 0.15) is 0 Å². The van der Waals surface area contributed by atoms with Crippen LogP contribution in [0.2, 0.25) is 0 Å². The maximum Gasteiger partial charge on any atom is 0.224 e. The highest BCUT2D eigenvalue weighted by molar-refractivity contribution is 5.75. The van der Waals surface area contributed by atoms with Crippen molar-refractivity contribution in [3.63, 3.8) is 0 Å². The van der Waals surface area contributed by atoms with E-state index in [2.05, 4.69) is 25.2 Å². The van der Waals surface area contributed by atoms with Gasteiger partial charge in [-0.3, -0.25) is 4.79 Å². The van der Waals surface area contributed by atoms with E-state index >= 15 is 0 Å². The van der Waals surface area contributed by atoms with Crippen LogP contribution in [0, 0.1) is 6.92 Å². The van der Waals surface area contributed by atoms with Gasteiger partial charge in [-0.05, 0) is 19.4 Å². The molecule has 1 heterocycles. The van der Waals surface area contributed by atoms with E-state index < -0.39 is 0 Å². The van der Waals surface area contributed by atoms with Crippen LogP contribution < -0.4 is 9.88 Å². The molecule has 0 radical (unpaired) electrons. The summed E-state index contributed by atoms with van der Waals surface area (Å²) in [6.45, 7) is 4.91. The molecule has 0 unspecified atom stereocenters. The van der Waals surface area contributed by atoms with E-state index in [9.17, 15) is 4.79 Å². The minimum absolute atomic E-state index is 0.170. The fraction of sp³-hybridized carbons (Fsp3) is 0.760. The summed E-state index contributed by atoms with van der Waals surface area (Å²) < 4.78 is 2.01. The van der Waals surface area contributed by atoms with Crippen LogP contribution in [0.4, 0.5) is 0 Å². The first-order valence-corrected chi connectivity index (χ1v) is 11.9. The highest BCUT2D eigenvalue weighted by Gasteiger charge is 2.04. The number of hydrogen-bond donors (Lipinski definition) is 1. The Morgan fingerprint density at radius 1 is 0.821 bits per heavy atom. The van der Waals surface area contributed by atoms with E-state index in [1.165, 1.54) is 95.5 Å². The summed E-state index contributed by atoms with van der Waals surface area (Å²) in [4.78, 5) is 11.9. The third-order valence-electron chi connectivity index (χ3n) is 5.47. The number of nitrogens with zero attached hydrogens (tertiary/aromatic N) is 1.